The largest absolute Gasteiger partial charge is 0.466 e. The molecule has 1 aliphatic heterocycles. The van der Waals surface area contributed by atoms with E-state index in [9.17, 15) is 4.79 Å². The van der Waals surface area contributed by atoms with Crippen molar-refractivity contribution in [2.45, 2.75) is 37.7 Å². The van der Waals surface area contributed by atoms with Gasteiger partial charge in [-0.15, -0.1) is 23.5 Å². The van der Waals surface area contributed by atoms with E-state index in [0.29, 0.717) is 18.4 Å². The first kappa shape index (κ1) is 15.3. The maximum Gasteiger partial charge on any atom is 0.302 e. The molecule has 1 saturated heterocycles. The number of allylic oxidation sites excluding steroid dienone is 2. The summed E-state index contributed by atoms with van der Waals surface area (Å²) in [5.74, 6) is 4.51. The van der Waals surface area contributed by atoms with Crippen LogP contribution in [-0.4, -0.2) is 28.7 Å². The minimum atomic E-state index is -0.155. The van der Waals surface area contributed by atoms with Crippen molar-refractivity contribution in [3.63, 3.8) is 0 Å². The van der Waals surface area contributed by atoms with Gasteiger partial charge < -0.3 is 4.74 Å². The highest BCUT2D eigenvalue weighted by molar-refractivity contribution is 8.17. The first-order chi connectivity index (χ1) is 9.18. The topological polar surface area (TPSA) is 26.3 Å². The first-order valence-corrected chi connectivity index (χ1v) is 9.31. The third-order valence-electron chi connectivity index (χ3n) is 3.99. The van der Waals surface area contributed by atoms with E-state index >= 15 is 0 Å². The lowest BCUT2D eigenvalue weighted by Gasteiger charge is -2.39. The number of esters is 1. The summed E-state index contributed by atoms with van der Waals surface area (Å²) >= 11 is 4.28. The second-order valence-electron chi connectivity index (χ2n) is 5.45. The van der Waals surface area contributed by atoms with E-state index in [1.807, 2.05) is 0 Å². The summed E-state index contributed by atoms with van der Waals surface area (Å²) in [4.78, 5) is 10.9. The smallest absolute Gasteiger partial charge is 0.302 e. The summed E-state index contributed by atoms with van der Waals surface area (Å²) in [6, 6.07) is 0. The van der Waals surface area contributed by atoms with Crippen molar-refractivity contribution in [2.75, 3.05) is 18.1 Å². The molecule has 19 heavy (non-hydrogen) atoms. The summed E-state index contributed by atoms with van der Waals surface area (Å²) in [6.45, 7) is 4.42. The van der Waals surface area contributed by atoms with Crippen molar-refractivity contribution in [2.24, 2.45) is 17.8 Å². The molecule has 0 bridgehead atoms. The van der Waals surface area contributed by atoms with Gasteiger partial charge in [-0.3, -0.25) is 4.79 Å². The molecule has 0 aromatic rings. The molecule has 1 heterocycles. The van der Waals surface area contributed by atoms with E-state index < -0.39 is 0 Å². The predicted molar refractivity (Wildman–Crippen MR) is 84.5 cm³/mol. The van der Waals surface area contributed by atoms with Crippen LogP contribution in [0.1, 0.15) is 33.1 Å². The van der Waals surface area contributed by atoms with Crippen LogP contribution < -0.4 is 0 Å². The molecule has 1 aliphatic carbocycles. The molecule has 0 radical (unpaired) electrons. The first-order valence-electron chi connectivity index (χ1n) is 7.21. The lowest BCUT2D eigenvalue weighted by atomic mass is 9.76. The Hall–Kier alpha value is -0.0900. The number of rotatable bonds is 4. The second-order valence-corrected chi connectivity index (χ2v) is 8.25. The molecule has 2 rings (SSSR count). The van der Waals surface area contributed by atoms with Gasteiger partial charge in [0.05, 0.1) is 11.2 Å². The lowest BCUT2D eigenvalue weighted by Crippen LogP contribution is -2.33. The molecule has 0 aromatic heterocycles. The van der Waals surface area contributed by atoms with Gasteiger partial charge in [0.2, 0.25) is 0 Å². The Morgan fingerprint density at radius 1 is 1.37 bits per heavy atom. The fourth-order valence-corrected chi connectivity index (χ4v) is 6.66. The Morgan fingerprint density at radius 3 is 2.79 bits per heavy atom. The molecule has 0 unspecified atom stereocenters. The monoisotopic (exact) mass is 300 g/mol. The second kappa shape index (κ2) is 7.63. The van der Waals surface area contributed by atoms with Gasteiger partial charge >= 0.3 is 5.97 Å². The highest BCUT2D eigenvalue weighted by atomic mass is 32.2. The molecule has 0 saturated carbocycles. The number of ether oxygens (including phenoxy) is 1. The van der Waals surface area contributed by atoms with E-state index in [4.69, 9.17) is 4.74 Å². The van der Waals surface area contributed by atoms with Crippen LogP contribution in [0.3, 0.4) is 0 Å². The highest BCUT2D eigenvalue weighted by Crippen LogP contribution is 2.46. The van der Waals surface area contributed by atoms with Gasteiger partial charge in [0.15, 0.2) is 0 Å². The van der Waals surface area contributed by atoms with Gasteiger partial charge in [0, 0.05) is 6.92 Å². The molecule has 0 aromatic carbocycles. The van der Waals surface area contributed by atoms with Crippen molar-refractivity contribution >= 4 is 29.5 Å². The van der Waals surface area contributed by atoms with Crippen molar-refractivity contribution in [1.82, 2.24) is 0 Å². The van der Waals surface area contributed by atoms with Gasteiger partial charge in [-0.1, -0.05) is 19.1 Å². The van der Waals surface area contributed by atoms with Crippen molar-refractivity contribution < 1.29 is 9.53 Å². The fourth-order valence-electron chi connectivity index (χ4n) is 3.05. The van der Waals surface area contributed by atoms with Gasteiger partial charge in [0.25, 0.3) is 0 Å². The minimum absolute atomic E-state index is 0.155. The molecule has 3 atom stereocenters. The quantitative estimate of drug-likeness (QED) is 0.580. The molecule has 4 heteroatoms. The third-order valence-corrected chi connectivity index (χ3v) is 7.14. The van der Waals surface area contributed by atoms with Crippen LogP contribution in [0, 0.1) is 17.8 Å². The standard InChI is InChI=1S/C15H24O2S2/c1-11-5-3-6-13(7-8-17-12(2)16)14(11)15-18-9-4-10-19-15/h3,5,11,13-15H,4,6-10H2,1-2H3/t11-,13-,14-/m1/s1. The molecule has 2 aliphatic rings. The average molecular weight is 300 g/mol. The van der Waals surface area contributed by atoms with Crippen LogP contribution in [0.25, 0.3) is 0 Å². The molecular weight excluding hydrogens is 276 g/mol. The number of hydrogen-bond acceptors (Lipinski definition) is 4. The number of carbonyl (C=O) groups is 1. The predicted octanol–water partition coefficient (Wildman–Crippen LogP) is 3.96. The van der Waals surface area contributed by atoms with Gasteiger partial charge in [-0.05, 0) is 48.5 Å². The Labute approximate surface area is 125 Å². The summed E-state index contributed by atoms with van der Waals surface area (Å²) in [5, 5.41) is 0. The maximum atomic E-state index is 10.9. The molecule has 1 fully saturated rings. The van der Waals surface area contributed by atoms with Gasteiger partial charge in [-0.25, -0.2) is 0 Å². The molecule has 108 valence electrons. The molecule has 0 spiro atoms. The average Bonchev–Trinajstić information content (AvgIpc) is 2.39. The maximum absolute atomic E-state index is 10.9. The van der Waals surface area contributed by atoms with Crippen LogP contribution >= 0.6 is 23.5 Å². The Balaban J connectivity index is 1.93. The van der Waals surface area contributed by atoms with E-state index in [1.54, 1.807) is 0 Å². The Kier molecular flexibility index (Phi) is 6.14. The van der Waals surface area contributed by atoms with Gasteiger partial charge in [-0.2, -0.15) is 0 Å². The van der Waals surface area contributed by atoms with E-state index in [1.165, 1.54) is 24.9 Å². The Morgan fingerprint density at radius 2 is 2.11 bits per heavy atom. The Bertz CT molecular complexity index is 324. The van der Waals surface area contributed by atoms with Crippen molar-refractivity contribution in [3.05, 3.63) is 12.2 Å². The highest BCUT2D eigenvalue weighted by Gasteiger charge is 2.35. The van der Waals surface area contributed by atoms with Crippen molar-refractivity contribution in [3.8, 4) is 0 Å². The molecule has 2 nitrogen and oxygen atoms in total. The molecule has 0 amide bonds. The van der Waals surface area contributed by atoms with Crippen LogP contribution in [0.4, 0.5) is 0 Å². The van der Waals surface area contributed by atoms with Crippen LogP contribution in [0.2, 0.25) is 0 Å². The summed E-state index contributed by atoms with van der Waals surface area (Å²) in [6.07, 6.45) is 8.20. The zero-order valence-corrected chi connectivity index (χ0v) is 13.5. The van der Waals surface area contributed by atoms with Crippen LogP contribution in [0.15, 0.2) is 12.2 Å². The molecule has 0 N–H and O–H groups in total. The van der Waals surface area contributed by atoms with E-state index in [2.05, 4.69) is 42.6 Å². The van der Waals surface area contributed by atoms with Crippen LogP contribution in [0.5, 0.6) is 0 Å². The molecular formula is C15H24O2S2. The third kappa shape index (κ3) is 4.45. The lowest BCUT2D eigenvalue weighted by molar-refractivity contribution is -0.141. The number of carbonyl (C=O) groups excluding carboxylic acids is 1. The van der Waals surface area contributed by atoms with Crippen LogP contribution in [-0.2, 0) is 9.53 Å². The van der Waals surface area contributed by atoms with Gasteiger partial charge in [0.1, 0.15) is 0 Å². The zero-order chi connectivity index (χ0) is 13.7. The summed E-state index contributed by atoms with van der Waals surface area (Å²) in [5.41, 5.74) is 0. The number of thioether (sulfide) groups is 2. The SMILES string of the molecule is CC(=O)OCC[C@H]1CC=C[C@@H](C)[C@H]1C1SCCCS1. The van der Waals surface area contributed by atoms with Crippen molar-refractivity contribution in [1.29, 1.82) is 0 Å². The van der Waals surface area contributed by atoms with E-state index in [-0.39, 0.29) is 5.97 Å². The minimum Gasteiger partial charge on any atom is -0.466 e. The zero-order valence-electron chi connectivity index (χ0n) is 11.8. The summed E-state index contributed by atoms with van der Waals surface area (Å²) < 4.78 is 5.87. The number of hydrogen-bond donors (Lipinski definition) is 0. The summed E-state index contributed by atoms with van der Waals surface area (Å²) in [7, 11) is 0. The van der Waals surface area contributed by atoms with E-state index in [0.717, 1.165) is 23.3 Å². The fraction of sp³-hybridized carbons (Fsp3) is 0.800. The normalized spacial score (nSPS) is 32.2.